The second-order valence-electron chi connectivity index (χ2n) is 2.03. The molecule has 54 valence electrons. The van der Waals surface area contributed by atoms with Crippen molar-refractivity contribution in [2.75, 3.05) is 0 Å². The van der Waals surface area contributed by atoms with Crippen LogP contribution >= 0.6 is 11.3 Å². The van der Waals surface area contributed by atoms with E-state index in [9.17, 15) is 0 Å². The molecule has 0 aliphatic heterocycles. The second-order valence-corrected chi connectivity index (χ2v) is 3.17. The first-order valence-electron chi connectivity index (χ1n) is 3.24. The van der Waals surface area contributed by atoms with Gasteiger partial charge < -0.3 is 0 Å². The molecule has 0 spiro atoms. The molecule has 2 nitrogen and oxygen atoms in total. The quantitative estimate of drug-likeness (QED) is 0.634. The van der Waals surface area contributed by atoms with Crippen molar-refractivity contribution in [1.82, 2.24) is 0 Å². The minimum atomic E-state index is 0.509. The maximum Gasteiger partial charge on any atom is 0.122 e. The molecule has 0 aromatic carbocycles. The molecule has 0 N–H and O–H groups in total. The van der Waals surface area contributed by atoms with Gasteiger partial charge in [-0.1, -0.05) is 6.92 Å². The Morgan fingerprint density at radius 3 is 2.55 bits per heavy atom. The van der Waals surface area contributed by atoms with Gasteiger partial charge in [0, 0.05) is 4.88 Å². The molecule has 0 saturated heterocycles. The van der Waals surface area contributed by atoms with Gasteiger partial charge >= 0.3 is 0 Å². The first-order valence-corrected chi connectivity index (χ1v) is 4.06. The third-order valence-corrected chi connectivity index (χ3v) is 2.54. The highest BCUT2D eigenvalue weighted by molar-refractivity contribution is 7.12. The fourth-order valence-electron chi connectivity index (χ4n) is 0.782. The molecule has 0 aliphatic rings. The topological polar surface area (TPSA) is 47.6 Å². The minimum absolute atomic E-state index is 0.509. The largest absolute Gasteiger partial charge is 0.192 e. The third-order valence-electron chi connectivity index (χ3n) is 1.35. The van der Waals surface area contributed by atoms with Crippen molar-refractivity contribution in [2.45, 2.75) is 13.3 Å². The summed E-state index contributed by atoms with van der Waals surface area (Å²) < 4.78 is 0. The van der Waals surface area contributed by atoms with E-state index in [1.54, 1.807) is 6.07 Å². The van der Waals surface area contributed by atoms with Crippen LogP contribution in [0.5, 0.6) is 0 Å². The van der Waals surface area contributed by atoms with Crippen molar-refractivity contribution in [3.63, 3.8) is 0 Å². The molecule has 0 radical (unpaired) electrons. The molecule has 0 amide bonds. The Labute approximate surface area is 69.3 Å². The summed E-state index contributed by atoms with van der Waals surface area (Å²) >= 11 is 1.40. The van der Waals surface area contributed by atoms with Crippen LogP contribution in [0, 0.1) is 22.7 Å². The molecule has 0 fully saturated rings. The molecule has 3 heteroatoms. The standard InChI is InChI=1S/C8H6N2S/c1-2-7-3-6(4-9)8(5-10)11-7/h3H,2H2,1H3. The van der Waals surface area contributed by atoms with Crippen LogP contribution in [-0.2, 0) is 6.42 Å². The number of nitrogens with zero attached hydrogens (tertiary/aromatic N) is 2. The Bertz CT molecular complexity index is 306. The highest BCUT2D eigenvalue weighted by Gasteiger charge is 2.05. The zero-order valence-electron chi connectivity index (χ0n) is 6.09. The van der Waals surface area contributed by atoms with Crippen LogP contribution in [-0.4, -0.2) is 0 Å². The van der Waals surface area contributed by atoms with Crippen molar-refractivity contribution < 1.29 is 0 Å². The molecule has 1 heterocycles. The summed E-state index contributed by atoms with van der Waals surface area (Å²) in [6.45, 7) is 2.01. The van der Waals surface area contributed by atoms with Gasteiger partial charge in [0.15, 0.2) is 0 Å². The van der Waals surface area contributed by atoms with Crippen molar-refractivity contribution >= 4 is 11.3 Å². The minimum Gasteiger partial charge on any atom is -0.192 e. The molecule has 0 saturated carbocycles. The predicted molar refractivity (Wildman–Crippen MR) is 43.1 cm³/mol. The Morgan fingerprint density at radius 1 is 1.45 bits per heavy atom. The van der Waals surface area contributed by atoms with Gasteiger partial charge in [-0.25, -0.2) is 0 Å². The fraction of sp³-hybridized carbons (Fsp3) is 0.250. The average molecular weight is 162 g/mol. The van der Waals surface area contributed by atoms with Gasteiger partial charge in [-0.15, -0.1) is 11.3 Å². The van der Waals surface area contributed by atoms with Crippen molar-refractivity contribution in [1.29, 1.82) is 10.5 Å². The second kappa shape index (κ2) is 3.18. The van der Waals surface area contributed by atoms with E-state index in [0.29, 0.717) is 10.4 Å². The predicted octanol–water partition coefficient (Wildman–Crippen LogP) is 2.05. The summed E-state index contributed by atoms with van der Waals surface area (Å²) in [7, 11) is 0. The van der Waals surface area contributed by atoms with Crippen molar-refractivity contribution in [3.05, 3.63) is 21.4 Å². The Kier molecular flexibility index (Phi) is 2.25. The highest BCUT2D eigenvalue weighted by Crippen LogP contribution is 2.20. The monoisotopic (exact) mass is 162 g/mol. The summed E-state index contributed by atoms with van der Waals surface area (Å²) in [5, 5.41) is 17.1. The SMILES string of the molecule is CCc1cc(C#N)c(C#N)s1. The number of hydrogen-bond acceptors (Lipinski definition) is 3. The number of rotatable bonds is 1. The van der Waals surface area contributed by atoms with Gasteiger partial charge in [0.05, 0.1) is 5.56 Å². The van der Waals surface area contributed by atoms with Gasteiger partial charge in [-0.3, -0.25) is 0 Å². The number of hydrogen-bond donors (Lipinski definition) is 0. The van der Waals surface area contributed by atoms with E-state index in [2.05, 4.69) is 0 Å². The molecule has 1 aromatic heterocycles. The van der Waals surface area contributed by atoms with Gasteiger partial charge in [0.2, 0.25) is 0 Å². The summed E-state index contributed by atoms with van der Waals surface area (Å²) in [5.41, 5.74) is 0.509. The molecule has 1 rings (SSSR count). The summed E-state index contributed by atoms with van der Waals surface area (Å²) in [6, 6.07) is 5.77. The smallest absolute Gasteiger partial charge is 0.122 e. The van der Waals surface area contributed by atoms with Crippen LogP contribution in [0.15, 0.2) is 6.07 Å². The molecule has 11 heavy (non-hydrogen) atoms. The van der Waals surface area contributed by atoms with Crippen LogP contribution in [0.2, 0.25) is 0 Å². The van der Waals surface area contributed by atoms with Gasteiger partial charge in [0.1, 0.15) is 17.0 Å². The van der Waals surface area contributed by atoms with Crippen molar-refractivity contribution in [2.24, 2.45) is 0 Å². The van der Waals surface area contributed by atoms with Crippen LogP contribution < -0.4 is 0 Å². The number of thiophene rings is 1. The van der Waals surface area contributed by atoms with Gasteiger partial charge in [-0.2, -0.15) is 10.5 Å². The zero-order valence-corrected chi connectivity index (χ0v) is 6.90. The van der Waals surface area contributed by atoms with Gasteiger partial charge in [0.25, 0.3) is 0 Å². The molecular formula is C8H6N2S. The zero-order chi connectivity index (χ0) is 8.27. The summed E-state index contributed by atoms with van der Waals surface area (Å²) in [5.74, 6) is 0. The molecule has 0 aliphatic carbocycles. The normalized spacial score (nSPS) is 8.64. The van der Waals surface area contributed by atoms with E-state index in [1.807, 2.05) is 19.1 Å². The Hall–Kier alpha value is -1.32. The molecular weight excluding hydrogens is 156 g/mol. The van der Waals surface area contributed by atoms with E-state index >= 15 is 0 Å². The lowest BCUT2D eigenvalue weighted by Crippen LogP contribution is -1.69. The molecule has 0 unspecified atom stereocenters. The maximum atomic E-state index is 8.57. The lowest BCUT2D eigenvalue weighted by Gasteiger charge is -1.79. The average Bonchev–Trinajstić information content (AvgIpc) is 2.46. The Balaban J connectivity index is 3.18. The Morgan fingerprint density at radius 2 is 2.18 bits per heavy atom. The summed E-state index contributed by atoms with van der Waals surface area (Å²) in [6.07, 6.45) is 0.890. The number of aryl methyl sites for hydroxylation is 1. The molecule has 0 bridgehead atoms. The van der Waals surface area contributed by atoms with Crippen LogP contribution in [0.25, 0.3) is 0 Å². The highest BCUT2D eigenvalue weighted by atomic mass is 32.1. The van der Waals surface area contributed by atoms with Crippen LogP contribution in [0.1, 0.15) is 22.2 Å². The number of nitriles is 2. The van der Waals surface area contributed by atoms with Crippen molar-refractivity contribution in [3.8, 4) is 12.1 Å². The summed E-state index contributed by atoms with van der Waals surface area (Å²) in [4.78, 5) is 1.63. The van der Waals surface area contributed by atoms with E-state index in [0.717, 1.165) is 11.3 Å². The maximum absolute atomic E-state index is 8.57. The third kappa shape index (κ3) is 1.39. The first-order chi connectivity index (χ1) is 5.31. The van der Waals surface area contributed by atoms with E-state index < -0.39 is 0 Å². The van der Waals surface area contributed by atoms with Crippen LogP contribution in [0.4, 0.5) is 0 Å². The first kappa shape index (κ1) is 7.78. The lowest BCUT2D eigenvalue weighted by atomic mass is 10.2. The van der Waals surface area contributed by atoms with Gasteiger partial charge in [-0.05, 0) is 12.5 Å². The van der Waals surface area contributed by atoms with Crippen LogP contribution in [0.3, 0.4) is 0 Å². The molecule has 0 atom stereocenters. The molecule has 1 aromatic rings. The van der Waals surface area contributed by atoms with E-state index in [4.69, 9.17) is 10.5 Å². The van der Waals surface area contributed by atoms with E-state index in [-0.39, 0.29) is 0 Å². The fourth-order valence-corrected chi connectivity index (χ4v) is 1.63. The lowest BCUT2D eigenvalue weighted by molar-refractivity contribution is 1.18. The van der Waals surface area contributed by atoms with E-state index in [1.165, 1.54) is 11.3 Å².